The van der Waals surface area contributed by atoms with Gasteiger partial charge in [0.25, 0.3) is 0 Å². The van der Waals surface area contributed by atoms with Gasteiger partial charge in [-0.25, -0.2) is 0 Å². The van der Waals surface area contributed by atoms with Gasteiger partial charge in [-0.05, 0) is 32.5 Å². The quantitative estimate of drug-likeness (QED) is 0.782. The summed E-state index contributed by atoms with van der Waals surface area (Å²) < 4.78 is 5.23. The maximum Gasteiger partial charge on any atom is 0.0663 e. The first-order valence-corrected chi connectivity index (χ1v) is 6.07. The molecule has 1 N–H and O–H groups in total. The lowest BCUT2D eigenvalue weighted by Gasteiger charge is -2.31. The van der Waals surface area contributed by atoms with Gasteiger partial charge in [0.1, 0.15) is 0 Å². The van der Waals surface area contributed by atoms with Gasteiger partial charge in [-0.2, -0.15) is 0 Å². The number of rotatable bonds is 7. The number of pyridine rings is 1. The van der Waals surface area contributed by atoms with Gasteiger partial charge in [0, 0.05) is 32.4 Å². The molecule has 96 valence electrons. The fraction of sp³-hybridized carbons (Fsp3) is 0.615. The van der Waals surface area contributed by atoms with Crippen LogP contribution in [0.15, 0.2) is 18.5 Å². The average Bonchev–Trinajstić information content (AvgIpc) is 2.33. The molecule has 1 rings (SSSR count). The third-order valence-corrected chi connectivity index (χ3v) is 2.84. The van der Waals surface area contributed by atoms with Crippen LogP contribution in [0.4, 0.5) is 5.69 Å². The molecule has 1 aromatic heterocycles. The van der Waals surface area contributed by atoms with E-state index in [-0.39, 0.29) is 0 Å². The zero-order valence-corrected chi connectivity index (χ0v) is 11.2. The van der Waals surface area contributed by atoms with E-state index >= 15 is 0 Å². The van der Waals surface area contributed by atoms with E-state index in [1.165, 1.54) is 11.3 Å². The second-order valence-electron chi connectivity index (χ2n) is 4.13. The van der Waals surface area contributed by atoms with Crippen LogP contribution in [0.3, 0.4) is 0 Å². The summed E-state index contributed by atoms with van der Waals surface area (Å²) in [5.74, 6) is 0. The van der Waals surface area contributed by atoms with Crippen molar-refractivity contribution >= 4 is 5.69 Å². The monoisotopic (exact) mass is 237 g/mol. The van der Waals surface area contributed by atoms with Crippen molar-refractivity contribution < 1.29 is 4.74 Å². The molecule has 0 amide bonds. The van der Waals surface area contributed by atoms with Gasteiger partial charge >= 0.3 is 0 Å². The molecule has 0 spiro atoms. The van der Waals surface area contributed by atoms with Crippen molar-refractivity contribution in [1.29, 1.82) is 0 Å². The Bertz CT molecular complexity index is 330. The fourth-order valence-electron chi connectivity index (χ4n) is 2.06. The highest BCUT2D eigenvalue weighted by Gasteiger charge is 2.15. The summed E-state index contributed by atoms with van der Waals surface area (Å²) in [6, 6.07) is 2.42. The number of hydrogen-bond acceptors (Lipinski definition) is 4. The smallest absolute Gasteiger partial charge is 0.0663 e. The molecule has 0 fully saturated rings. The number of nitrogens with zero attached hydrogens (tertiary/aromatic N) is 2. The summed E-state index contributed by atoms with van der Waals surface area (Å²) in [5.41, 5.74) is 2.46. The van der Waals surface area contributed by atoms with E-state index in [1.54, 1.807) is 7.11 Å². The molecule has 1 heterocycles. The second kappa shape index (κ2) is 7.25. The Morgan fingerprint density at radius 1 is 1.53 bits per heavy atom. The highest BCUT2D eigenvalue weighted by atomic mass is 16.5. The van der Waals surface area contributed by atoms with Gasteiger partial charge in [0.15, 0.2) is 0 Å². The third-order valence-electron chi connectivity index (χ3n) is 2.84. The first kappa shape index (κ1) is 13.9. The first-order chi connectivity index (χ1) is 8.24. The van der Waals surface area contributed by atoms with E-state index in [2.05, 4.69) is 35.1 Å². The fourth-order valence-corrected chi connectivity index (χ4v) is 2.06. The highest BCUT2D eigenvalue weighted by molar-refractivity contribution is 5.52. The Hall–Kier alpha value is -1.13. The summed E-state index contributed by atoms with van der Waals surface area (Å²) in [4.78, 5) is 6.55. The Morgan fingerprint density at radius 2 is 2.29 bits per heavy atom. The SMILES string of the molecule is CCN(c1cnccc1CNC)C(C)COC. The lowest BCUT2D eigenvalue weighted by atomic mass is 10.1. The molecule has 0 saturated carbocycles. The summed E-state index contributed by atoms with van der Waals surface area (Å²) >= 11 is 0. The van der Waals surface area contributed by atoms with Crippen molar-refractivity contribution in [2.75, 3.05) is 32.2 Å². The van der Waals surface area contributed by atoms with Crippen LogP contribution in [0.5, 0.6) is 0 Å². The second-order valence-corrected chi connectivity index (χ2v) is 4.13. The average molecular weight is 237 g/mol. The molecule has 1 atom stereocenters. The molecule has 0 radical (unpaired) electrons. The molecular weight excluding hydrogens is 214 g/mol. The number of methoxy groups -OCH3 is 1. The van der Waals surface area contributed by atoms with E-state index in [4.69, 9.17) is 4.74 Å². The van der Waals surface area contributed by atoms with E-state index in [0.717, 1.165) is 19.7 Å². The predicted molar refractivity (Wildman–Crippen MR) is 71.4 cm³/mol. The van der Waals surface area contributed by atoms with Crippen LogP contribution in [0, 0.1) is 0 Å². The Morgan fingerprint density at radius 3 is 2.88 bits per heavy atom. The molecular formula is C13H23N3O. The summed E-state index contributed by atoms with van der Waals surface area (Å²) in [6.07, 6.45) is 3.77. The number of likely N-dealkylation sites (N-methyl/N-ethyl adjacent to an activating group) is 1. The van der Waals surface area contributed by atoms with Crippen molar-refractivity contribution in [3.8, 4) is 0 Å². The molecule has 0 aliphatic rings. The van der Waals surface area contributed by atoms with E-state index in [0.29, 0.717) is 6.04 Å². The summed E-state index contributed by atoms with van der Waals surface area (Å²) in [7, 11) is 3.70. The zero-order valence-electron chi connectivity index (χ0n) is 11.2. The van der Waals surface area contributed by atoms with Gasteiger partial charge in [-0.3, -0.25) is 4.98 Å². The van der Waals surface area contributed by atoms with Crippen LogP contribution in [-0.4, -0.2) is 38.3 Å². The lowest BCUT2D eigenvalue weighted by molar-refractivity contribution is 0.182. The van der Waals surface area contributed by atoms with Crippen LogP contribution in [0.2, 0.25) is 0 Å². The van der Waals surface area contributed by atoms with Gasteiger partial charge in [0.05, 0.1) is 18.5 Å². The molecule has 0 aromatic carbocycles. The van der Waals surface area contributed by atoms with Crippen LogP contribution in [0.1, 0.15) is 19.4 Å². The number of hydrogen-bond donors (Lipinski definition) is 1. The third kappa shape index (κ3) is 3.68. The summed E-state index contributed by atoms with van der Waals surface area (Å²) in [6.45, 7) is 6.86. The standard InChI is InChI=1S/C13H23N3O/c1-5-16(11(2)10-17-4)13-9-15-7-6-12(13)8-14-3/h6-7,9,11,14H,5,8,10H2,1-4H3. The van der Waals surface area contributed by atoms with Crippen molar-refractivity contribution in [1.82, 2.24) is 10.3 Å². The van der Waals surface area contributed by atoms with Gasteiger partial charge in [-0.1, -0.05) is 0 Å². The van der Waals surface area contributed by atoms with Gasteiger partial charge in [-0.15, -0.1) is 0 Å². The molecule has 1 unspecified atom stereocenters. The van der Waals surface area contributed by atoms with E-state index < -0.39 is 0 Å². The molecule has 4 nitrogen and oxygen atoms in total. The minimum absolute atomic E-state index is 0.352. The minimum atomic E-state index is 0.352. The Labute approximate surface area is 104 Å². The van der Waals surface area contributed by atoms with Gasteiger partial charge in [0.2, 0.25) is 0 Å². The highest BCUT2D eigenvalue weighted by Crippen LogP contribution is 2.21. The molecule has 0 saturated heterocycles. The van der Waals surface area contributed by atoms with Crippen LogP contribution in [0.25, 0.3) is 0 Å². The van der Waals surface area contributed by atoms with E-state index in [1.807, 2.05) is 19.4 Å². The van der Waals surface area contributed by atoms with Crippen molar-refractivity contribution in [2.24, 2.45) is 0 Å². The number of aromatic nitrogens is 1. The predicted octanol–water partition coefficient (Wildman–Crippen LogP) is 1.66. The molecule has 0 aliphatic carbocycles. The maximum atomic E-state index is 5.23. The Kier molecular flexibility index (Phi) is 5.94. The topological polar surface area (TPSA) is 37.4 Å². The summed E-state index contributed by atoms with van der Waals surface area (Å²) in [5, 5.41) is 3.19. The molecule has 1 aromatic rings. The van der Waals surface area contributed by atoms with Crippen LogP contribution >= 0.6 is 0 Å². The molecule has 0 bridgehead atoms. The molecule has 4 heteroatoms. The van der Waals surface area contributed by atoms with Crippen molar-refractivity contribution in [2.45, 2.75) is 26.4 Å². The molecule has 0 aliphatic heterocycles. The van der Waals surface area contributed by atoms with Crippen LogP contribution in [-0.2, 0) is 11.3 Å². The van der Waals surface area contributed by atoms with Crippen molar-refractivity contribution in [3.63, 3.8) is 0 Å². The largest absolute Gasteiger partial charge is 0.383 e. The molecule has 17 heavy (non-hydrogen) atoms. The number of anilines is 1. The normalized spacial score (nSPS) is 12.5. The first-order valence-electron chi connectivity index (χ1n) is 6.07. The van der Waals surface area contributed by atoms with Gasteiger partial charge < -0.3 is 15.0 Å². The maximum absolute atomic E-state index is 5.23. The Balaban J connectivity index is 2.93. The van der Waals surface area contributed by atoms with Crippen LogP contribution < -0.4 is 10.2 Å². The lowest BCUT2D eigenvalue weighted by Crippen LogP contribution is -2.37. The number of ether oxygens (including phenoxy) is 1. The minimum Gasteiger partial charge on any atom is -0.383 e. The van der Waals surface area contributed by atoms with E-state index in [9.17, 15) is 0 Å². The van der Waals surface area contributed by atoms with Crippen molar-refractivity contribution in [3.05, 3.63) is 24.0 Å². The zero-order chi connectivity index (χ0) is 12.7. The number of nitrogens with one attached hydrogen (secondary N) is 1.